The van der Waals surface area contributed by atoms with Gasteiger partial charge in [0.2, 0.25) is 17.7 Å². The second-order valence-electron chi connectivity index (χ2n) is 10.7. The van der Waals surface area contributed by atoms with E-state index < -0.39 is 41.4 Å². The summed E-state index contributed by atoms with van der Waals surface area (Å²) in [5.41, 5.74) is 4.03. The Kier molecular flexibility index (Phi) is 9.61. The number of aromatic nitrogens is 1. The minimum Gasteiger partial charge on any atom is -0.481 e. The zero-order valence-electron chi connectivity index (χ0n) is 22.2. The van der Waals surface area contributed by atoms with Crippen molar-refractivity contribution in [1.29, 1.82) is 0 Å². The topological polar surface area (TPSA) is 149 Å². The van der Waals surface area contributed by atoms with Gasteiger partial charge in [0, 0.05) is 32.4 Å². The number of benzene rings is 1. The summed E-state index contributed by atoms with van der Waals surface area (Å²) < 4.78 is 0. The minimum atomic E-state index is -0.994. The van der Waals surface area contributed by atoms with Gasteiger partial charge in [-0.25, -0.2) is 4.98 Å². The van der Waals surface area contributed by atoms with Gasteiger partial charge in [0.15, 0.2) is 0 Å². The van der Waals surface area contributed by atoms with Crippen LogP contribution in [0, 0.1) is 12.3 Å². The number of aryl methyl sites for hydroxylation is 1. The van der Waals surface area contributed by atoms with Crippen LogP contribution >= 0.6 is 11.3 Å². The molecule has 0 unspecified atom stereocenters. The smallest absolute Gasteiger partial charge is 0.303 e. The molecule has 4 N–H and O–H groups in total. The van der Waals surface area contributed by atoms with Crippen molar-refractivity contribution in [1.82, 2.24) is 20.5 Å². The number of hydrogen-bond donors (Lipinski definition) is 4. The molecule has 0 saturated carbocycles. The number of aliphatic hydroxyl groups is 1. The first-order valence-electron chi connectivity index (χ1n) is 12.6. The lowest BCUT2D eigenvalue weighted by atomic mass is 9.85. The summed E-state index contributed by atoms with van der Waals surface area (Å²) in [5, 5.41) is 24.7. The fraction of sp³-hybridized carbons (Fsp3) is 0.519. The second kappa shape index (κ2) is 12.5. The van der Waals surface area contributed by atoms with Crippen molar-refractivity contribution >= 4 is 35.0 Å². The number of amides is 3. The van der Waals surface area contributed by atoms with Gasteiger partial charge in [0.05, 0.1) is 22.2 Å². The zero-order valence-corrected chi connectivity index (χ0v) is 23.0. The van der Waals surface area contributed by atoms with Gasteiger partial charge in [-0.1, -0.05) is 45.0 Å². The summed E-state index contributed by atoms with van der Waals surface area (Å²) >= 11 is 1.57. The first-order valence-corrected chi connectivity index (χ1v) is 13.5. The summed E-state index contributed by atoms with van der Waals surface area (Å²) in [4.78, 5) is 56.5. The largest absolute Gasteiger partial charge is 0.481 e. The van der Waals surface area contributed by atoms with Crippen molar-refractivity contribution in [3.8, 4) is 10.4 Å². The van der Waals surface area contributed by atoms with Crippen LogP contribution in [0.1, 0.15) is 57.7 Å². The zero-order chi connectivity index (χ0) is 28.0. The molecule has 0 aliphatic carbocycles. The second-order valence-corrected chi connectivity index (χ2v) is 11.5. The maximum atomic E-state index is 13.5. The molecule has 0 bridgehead atoms. The van der Waals surface area contributed by atoms with E-state index >= 15 is 0 Å². The number of aliphatic carboxylic acids is 1. The maximum absolute atomic E-state index is 13.5. The fourth-order valence-electron chi connectivity index (χ4n) is 4.41. The van der Waals surface area contributed by atoms with Crippen molar-refractivity contribution in [2.45, 2.75) is 78.1 Å². The SMILES string of the molecule is Cc1ncsc1-c1ccc(CNC(=O)[C@@H]2C[C@@H](O)CN2C(=O)[C@H](NC(=O)CCCC(=O)O)C(C)(C)C)cc1. The Balaban J connectivity index is 1.64. The van der Waals surface area contributed by atoms with E-state index in [2.05, 4.69) is 15.6 Å². The molecule has 1 aliphatic rings. The number of carboxylic acids is 1. The number of β-amino-alcohol motifs (C(OH)–C–C–N with tert-alkyl or cyclic N) is 1. The van der Waals surface area contributed by atoms with Gasteiger partial charge in [-0.15, -0.1) is 11.3 Å². The summed E-state index contributed by atoms with van der Waals surface area (Å²) in [6.07, 6.45) is -0.770. The van der Waals surface area contributed by atoms with E-state index in [1.807, 2.05) is 31.2 Å². The maximum Gasteiger partial charge on any atom is 0.303 e. The molecule has 1 aromatic heterocycles. The van der Waals surface area contributed by atoms with E-state index in [9.17, 15) is 24.3 Å². The Morgan fingerprint density at radius 1 is 1.16 bits per heavy atom. The molecule has 38 heavy (non-hydrogen) atoms. The molecule has 3 amide bonds. The Morgan fingerprint density at radius 3 is 2.42 bits per heavy atom. The lowest BCUT2D eigenvalue weighted by Gasteiger charge is -2.35. The molecule has 1 fully saturated rings. The van der Waals surface area contributed by atoms with E-state index in [1.54, 1.807) is 37.6 Å². The normalized spacial score (nSPS) is 18.2. The lowest BCUT2D eigenvalue weighted by Crippen LogP contribution is -2.57. The van der Waals surface area contributed by atoms with E-state index in [0.29, 0.717) is 0 Å². The molecule has 0 spiro atoms. The van der Waals surface area contributed by atoms with Crippen molar-refractivity contribution in [2.75, 3.05) is 6.54 Å². The molecule has 2 heterocycles. The third-order valence-electron chi connectivity index (χ3n) is 6.51. The average Bonchev–Trinajstić information content (AvgIpc) is 3.45. The Morgan fingerprint density at radius 2 is 1.84 bits per heavy atom. The van der Waals surface area contributed by atoms with Gasteiger partial charge in [0.25, 0.3) is 0 Å². The van der Waals surface area contributed by atoms with E-state index in [1.165, 1.54) is 4.90 Å². The summed E-state index contributed by atoms with van der Waals surface area (Å²) in [7, 11) is 0. The highest BCUT2D eigenvalue weighted by atomic mass is 32.1. The van der Waals surface area contributed by atoms with Crippen molar-refractivity contribution in [3.63, 3.8) is 0 Å². The third-order valence-corrected chi connectivity index (χ3v) is 7.48. The van der Waals surface area contributed by atoms with Crippen LogP contribution in [0.5, 0.6) is 0 Å². The minimum absolute atomic E-state index is 0.0126. The molecule has 11 heteroatoms. The molecular weight excluding hydrogens is 508 g/mol. The first kappa shape index (κ1) is 29.2. The molecular formula is C27H36N4O6S. The molecule has 3 rings (SSSR count). The lowest BCUT2D eigenvalue weighted by molar-refractivity contribution is -0.144. The molecule has 0 radical (unpaired) electrons. The Bertz CT molecular complexity index is 1160. The Hall–Kier alpha value is -3.31. The van der Waals surface area contributed by atoms with Crippen LogP contribution in [-0.2, 0) is 25.7 Å². The average molecular weight is 545 g/mol. The number of carbonyl (C=O) groups is 4. The molecule has 1 aromatic carbocycles. The molecule has 206 valence electrons. The highest BCUT2D eigenvalue weighted by molar-refractivity contribution is 7.13. The van der Waals surface area contributed by atoms with E-state index in [0.717, 1.165) is 21.7 Å². The first-order chi connectivity index (χ1) is 17.9. The number of rotatable bonds is 10. The number of carboxylic acid groups (broad SMARTS) is 1. The molecule has 10 nitrogen and oxygen atoms in total. The molecule has 1 aliphatic heterocycles. The van der Waals surface area contributed by atoms with Crippen LogP contribution in [0.2, 0.25) is 0 Å². The predicted octanol–water partition coefficient (Wildman–Crippen LogP) is 2.48. The standard InChI is InChI=1S/C27H36N4O6S/c1-16-23(38-15-29-16)18-10-8-17(9-11-18)13-28-25(36)20-12-19(32)14-31(20)26(37)24(27(2,3)4)30-21(33)6-5-7-22(34)35/h8-11,15,19-20,24,32H,5-7,12-14H2,1-4H3,(H,28,36)(H,30,33)(H,34,35)/t19-,20+,24+/m1/s1. The van der Waals surface area contributed by atoms with Gasteiger partial charge in [-0.05, 0) is 29.9 Å². The number of aliphatic hydroxyl groups excluding tert-OH is 1. The third kappa shape index (κ3) is 7.61. The summed E-state index contributed by atoms with van der Waals surface area (Å²) in [6.45, 7) is 7.60. The van der Waals surface area contributed by atoms with E-state index in [-0.39, 0.29) is 44.7 Å². The number of carbonyl (C=O) groups excluding carboxylic acids is 3. The van der Waals surface area contributed by atoms with Gasteiger partial charge >= 0.3 is 5.97 Å². The van der Waals surface area contributed by atoms with Crippen LogP contribution in [0.3, 0.4) is 0 Å². The van der Waals surface area contributed by atoms with Crippen LogP contribution in [0.15, 0.2) is 29.8 Å². The van der Waals surface area contributed by atoms with Crippen molar-refractivity contribution in [2.24, 2.45) is 5.41 Å². The number of nitrogens with zero attached hydrogens (tertiary/aromatic N) is 2. The Labute approximate surface area is 226 Å². The quantitative estimate of drug-likeness (QED) is 0.359. The van der Waals surface area contributed by atoms with Gasteiger partial charge in [-0.3, -0.25) is 19.2 Å². The van der Waals surface area contributed by atoms with Crippen LogP contribution in [-0.4, -0.2) is 68.5 Å². The van der Waals surface area contributed by atoms with E-state index in [4.69, 9.17) is 5.11 Å². The highest BCUT2D eigenvalue weighted by Crippen LogP contribution is 2.28. The number of hydrogen-bond acceptors (Lipinski definition) is 7. The van der Waals surface area contributed by atoms with Crippen molar-refractivity contribution < 1.29 is 29.4 Å². The number of thiazole rings is 1. The van der Waals surface area contributed by atoms with Gasteiger partial charge < -0.3 is 25.7 Å². The monoisotopic (exact) mass is 544 g/mol. The fourth-order valence-corrected chi connectivity index (χ4v) is 5.23. The van der Waals surface area contributed by atoms with Crippen LogP contribution < -0.4 is 10.6 Å². The molecule has 2 aromatic rings. The summed E-state index contributed by atoms with van der Waals surface area (Å²) in [5.74, 6) is -2.26. The predicted molar refractivity (Wildman–Crippen MR) is 143 cm³/mol. The highest BCUT2D eigenvalue weighted by Gasteiger charge is 2.44. The molecule has 3 atom stereocenters. The van der Waals surface area contributed by atoms with Crippen LogP contribution in [0.4, 0.5) is 0 Å². The summed E-state index contributed by atoms with van der Waals surface area (Å²) in [6, 6.07) is 6.00. The van der Waals surface area contributed by atoms with Gasteiger partial charge in [0.1, 0.15) is 12.1 Å². The van der Waals surface area contributed by atoms with Crippen LogP contribution in [0.25, 0.3) is 10.4 Å². The van der Waals surface area contributed by atoms with Gasteiger partial charge in [-0.2, -0.15) is 0 Å². The number of nitrogens with one attached hydrogen (secondary N) is 2. The van der Waals surface area contributed by atoms with Crippen molar-refractivity contribution in [3.05, 3.63) is 41.0 Å². The molecule has 1 saturated heterocycles. The number of likely N-dealkylation sites (tertiary alicyclic amines) is 1.